The number of rotatable bonds is 3. The number of nitrogens with zero attached hydrogens (tertiary/aromatic N) is 3. The fourth-order valence-electron chi connectivity index (χ4n) is 3.18. The van der Waals surface area contributed by atoms with Gasteiger partial charge < -0.3 is 9.80 Å². The fourth-order valence-corrected chi connectivity index (χ4v) is 3.88. The first-order valence-corrected chi connectivity index (χ1v) is 9.29. The van der Waals surface area contributed by atoms with Crippen LogP contribution in [-0.4, -0.2) is 42.0 Å². The van der Waals surface area contributed by atoms with Crippen molar-refractivity contribution in [1.82, 2.24) is 9.88 Å². The highest BCUT2D eigenvalue weighted by Gasteiger charge is 2.24. The molecule has 25 heavy (non-hydrogen) atoms. The van der Waals surface area contributed by atoms with Crippen LogP contribution >= 0.6 is 11.3 Å². The Balaban J connectivity index is 1.53. The molecular weight excluding hydrogens is 330 g/mol. The Morgan fingerprint density at radius 3 is 2.36 bits per heavy atom. The zero-order valence-corrected chi connectivity index (χ0v) is 14.7. The molecule has 1 aromatic heterocycles. The summed E-state index contributed by atoms with van der Waals surface area (Å²) in [5.74, 6) is 0.109. The van der Waals surface area contributed by atoms with Crippen molar-refractivity contribution in [3.63, 3.8) is 0 Å². The van der Waals surface area contributed by atoms with Gasteiger partial charge in [0.15, 0.2) is 5.13 Å². The molecule has 0 saturated carbocycles. The maximum Gasteiger partial charge on any atom is 0.254 e. The van der Waals surface area contributed by atoms with Crippen LogP contribution in [0.25, 0.3) is 11.1 Å². The molecule has 3 aromatic rings. The monoisotopic (exact) mass is 349 g/mol. The van der Waals surface area contributed by atoms with Crippen molar-refractivity contribution < 1.29 is 4.79 Å². The lowest BCUT2D eigenvalue weighted by Gasteiger charge is -2.35. The highest BCUT2D eigenvalue weighted by atomic mass is 32.1. The molecule has 1 fully saturated rings. The van der Waals surface area contributed by atoms with Gasteiger partial charge in [-0.15, -0.1) is 11.3 Å². The van der Waals surface area contributed by atoms with Gasteiger partial charge in [0.1, 0.15) is 0 Å². The summed E-state index contributed by atoms with van der Waals surface area (Å²) in [6.07, 6.45) is 1.83. The Kier molecular flexibility index (Phi) is 4.48. The normalized spacial score (nSPS) is 14.6. The highest BCUT2D eigenvalue weighted by Crippen LogP contribution is 2.25. The van der Waals surface area contributed by atoms with Crippen molar-refractivity contribution >= 4 is 22.4 Å². The minimum absolute atomic E-state index is 0.109. The van der Waals surface area contributed by atoms with Crippen molar-refractivity contribution in [3.8, 4) is 11.1 Å². The molecule has 2 aromatic carbocycles. The number of hydrogen-bond acceptors (Lipinski definition) is 4. The van der Waals surface area contributed by atoms with Crippen LogP contribution in [0.4, 0.5) is 5.13 Å². The molecule has 2 heterocycles. The van der Waals surface area contributed by atoms with Gasteiger partial charge in [-0.05, 0) is 17.2 Å². The van der Waals surface area contributed by atoms with Gasteiger partial charge in [-0.3, -0.25) is 4.79 Å². The van der Waals surface area contributed by atoms with E-state index in [1.807, 2.05) is 71.1 Å². The molecule has 5 heteroatoms. The van der Waals surface area contributed by atoms with E-state index in [-0.39, 0.29) is 5.91 Å². The van der Waals surface area contributed by atoms with Gasteiger partial charge in [-0.25, -0.2) is 4.98 Å². The molecule has 0 N–H and O–H groups in total. The van der Waals surface area contributed by atoms with Gasteiger partial charge in [-0.2, -0.15) is 0 Å². The fraction of sp³-hybridized carbons (Fsp3) is 0.200. The summed E-state index contributed by atoms with van der Waals surface area (Å²) in [6, 6.07) is 18.0. The van der Waals surface area contributed by atoms with E-state index in [1.165, 1.54) is 0 Å². The number of aromatic nitrogens is 1. The quantitative estimate of drug-likeness (QED) is 0.722. The number of carbonyl (C=O) groups excluding carboxylic acids is 1. The van der Waals surface area contributed by atoms with E-state index in [4.69, 9.17) is 0 Å². The molecule has 0 unspecified atom stereocenters. The number of thiazole rings is 1. The van der Waals surface area contributed by atoms with Gasteiger partial charge in [-0.1, -0.05) is 48.5 Å². The predicted octanol–water partition coefficient (Wildman–Crippen LogP) is 3.77. The first-order valence-electron chi connectivity index (χ1n) is 8.41. The second-order valence-corrected chi connectivity index (χ2v) is 6.88. The zero-order chi connectivity index (χ0) is 17.1. The van der Waals surface area contributed by atoms with Gasteiger partial charge in [0, 0.05) is 43.3 Å². The topological polar surface area (TPSA) is 36.4 Å². The van der Waals surface area contributed by atoms with Crippen molar-refractivity contribution in [1.29, 1.82) is 0 Å². The molecule has 1 amide bonds. The molecule has 126 valence electrons. The van der Waals surface area contributed by atoms with Gasteiger partial charge >= 0.3 is 0 Å². The van der Waals surface area contributed by atoms with Crippen LogP contribution in [0.3, 0.4) is 0 Å². The Morgan fingerprint density at radius 2 is 1.64 bits per heavy atom. The lowest BCUT2D eigenvalue weighted by Crippen LogP contribution is -2.48. The zero-order valence-electron chi connectivity index (χ0n) is 13.8. The predicted molar refractivity (Wildman–Crippen MR) is 102 cm³/mol. The maximum atomic E-state index is 13.1. The second-order valence-electron chi connectivity index (χ2n) is 6.01. The van der Waals surface area contributed by atoms with E-state index in [0.29, 0.717) is 0 Å². The molecule has 1 saturated heterocycles. The SMILES string of the molecule is O=C(c1ccccc1-c1ccccc1)N1CCN(c2nccs2)CC1. The minimum Gasteiger partial charge on any atom is -0.345 e. The van der Waals surface area contributed by atoms with Crippen molar-refractivity contribution in [3.05, 3.63) is 71.7 Å². The van der Waals surface area contributed by atoms with E-state index in [1.54, 1.807) is 11.3 Å². The summed E-state index contributed by atoms with van der Waals surface area (Å²) in [7, 11) is 0. The van der Waals surface area contributed by atoms with Crippen LogP contribution in [0, 0.1) is 0 Å². The average Bonchev–Trinajstić information content (AvgIpc) is 3.23. The van der Waals surface area contributed by atoms with E-state index in [0.717, 1.165) is 48.0 Å². The summed E-state index contributed by atoms with van der Waals surface area (Å²) in [4.78, 5) is 21.6. The molecular formula is C20H19N3OS. The summed E-state index contributed by atoms with van der Waals surface area (Å²) >= 11 is 1.65. The minimum atomic E-state index is 0.109. The summed E-state index contributed by atoms with van der Waals surface area (Å²) < 4.78 is 0. The van der Waals surface area contributed by atoms with E-state index >= 15 is 0 Å². The smallest absolute Gasteiger partial charge is 0.254 e. The summed E-state index contributed by atoms with van der Waals surface area (Å²) in [5.41, 5.74) is 2.85. The molecule has 4 nitrogen and oxygen atoms in total. The van der Waals surface area contributed by atoms with Crippen LogP contribution in [0.1, 0.15) is 10.4 Å². The number of carbonyl (C=O) groups is 1. The Labute approximate surface area is 151 Å². The molecule has 1 aliphatic heterocycles. The average molecular weight is 349 g/mol. The molecule has 0 spiro atoms. The third-order valence-electron chi connectivity index (χ3n) is 4.50. The van der Waals surface area contributed by atoms with Crippen molar-refractivity contribution in [2.45, 2.75) is 0 Å². The number of hydrogen-bond donors (Lipinski definition) is 0. The maximum absolute atomic E-state index is 13.1. The number of amides is 1. The first-order chi connectivity index (χ1) is 12.3. The summed E-state index contributed by atoms with van der Waals surface area (Å²) in [5, 5.41) is 3.03. The number of benzene rings is 2. The third-order valence-corrected chi connectivity index (χ3v) is 5.33. The molecule has 0 aliphatic carbocycles. The van der Waals surface area contributed by atoms with Crippen LogP contribution in [-0.2, 0) is 0 Å². The van der Waals surface area contributed by atoms with E-state index in [2.05, 4.69) is 9.88 Å². The second kappa shape index (κ2) is 7.07. The van der Waals surface area contributed by atoms with Crippen LogP contribution in [0.15, 0.2) is 66.2 Å². The molecule has 0 atom stereocenters. The molecule has 4 rings (SSSR count). The Bertz CT molecular complexity index is 840. The molecule has 1 aliphatic rings. The van der Waals surface area contributed by atoms with Crippen molar-refractivity contribution in [2.24, 2.45) is 0 Å². The standard InChI is InChI=1S/C20H19N3OS/c24-19(22-11-13-23(14-12-22)20-21-10-15-25-20)18-9-5-4-8-17(18)16-6-2-1-3-7-16/h1-10,15H,11-14H2. The first kappa shape index (κ1) is 15.8. The Hall–Kier alpha value is -2.66. The lowest BCUT2D eigenvalue weighted by molar-refractivity contribution is 0.0747. The van der Waals surface area contributed by atoms with E-state index < -0.39 is 0 Å². The third kappa shape index (κ3) is 3.28. The van der Waals surface area contributed by atoms with E-state index in [9.17, 15) is 4.79 Å². The van der Waals surface area contributed by atoms with Crippen LogP contribution < -0.4 is 4.90 Å². The highest BCUT2D eigenvalue weighted by molar-refractivity contribution is 7.13. The molecule has 0 bridgehead atoms. The number of piperazine rings is 1. The van der Waals surface area contributed by atoms with Crippen LogP contribution in [0.5, 0.6) is 0 Å². The number of anilines is 1. The van der Waals surface area contributed by atoms with Crippen molar-refractivity contribution in [2.75, 3.05) is 31.1 Å². The molecule has 0 radical (unpaired) electrons. The Morgan fingerprint density at radius 1 is 0.920 bits per heavy atom. The van der Waals surface area contributed by atoms with Gasteiger partial charge in [0.05, 0.1) is 0 Å². The lowest BCUT2D eigenvalue weighted by atomic mass is 9.98. The van der Waals surface area contributed by atoms with Gasteiger partial charge in [0.25, 0.3) is 5.91 Å². The van der Waals surface area contributed by atoms with Gasteiger partial charge in [0.2, 0.25) is 0 Å². The summed E-state index contributed by atoms with van der Waals surface area (Å²) in [6.45, 7) is 3.10. The largest absolute Gasteiger partial charge is 0.345 e. The van der Waals surface area contributed by atoms with Crippen LogP contribution in [0.2, 0.25) is 0 Å².